The first kappa shape index (κ1) is 22.2. The molecule has 5 rings (SSSR count). The van der Waals surface area contributed by atoms with Crippen molar-refractivity contribution >= 4 is 61.1 Å². The van der Waals surface area contributed by atoms with Crippen LogP contribution >= 0.6 is 15.9 Å². The number of benzene rings is 2. The molecule has 4 aromatic rings. The Morgan fingerprint density at radius 2 is 1.97 bits per heavy atom. The van der Waals surface area contributed by atoms with Crippen LogP contribution in [0.25, 0.3) is 21.8 Å². The Kier molecular flexibility index (Phi) is 5.24. The van der Waals surface area contributed by atoms with Gasteiger partial charge in [0.2, 0.25) is 0 Å². The number of fused-ring (bicyclic) bond motifs is 4. The predicted octanol–water partition coefficient (Wildman–Crippen LogP) is 4.79. The number of hydrogen-bond acceptors (Lipinski definition) is 5. The average Bonchev–Trinajstić information content (AvgIpc) is 3.50. The van der Waals surface area contributed by atoms with Crippen molar-refractivity contribution < 1.29 is 24.2 Å². The molecule has 1 atom stereocenters. The second-order valence-electron chi connectivity index (χ2n) is 8.50. The molecule has 0 fully saturated rings. The summed E-state index contributed by atoms with van der Waals surface area (Å²) in [7, 11) is 1.31. The Balaban J connectivity index is 1.66. The number of methoxy groups -OCH3 is 1. The van der Waals surface area contributed by atoms with Crippen LogP contribution in [0.3, 0.4) is 0 Å². The lowest BCUT2D eigenvalue weighted by molar-refractivity contribution is 0.0602. The van der Waals surface area contributed by atoms with Gasteiger partial charge in [-0.15, -0.1) is 0 Å². The van der Waals surface area contributed by atoms with Gasteiger partial charge in [-0.25, -0.2) is 4.79 Å². The molecule has 1 aliphatic heterocycles. The molecule has 1 aliphatic rings. The number of rotatable bonds is 4. The predicted molar refractivity (Wildman–Crippen MR) is 133 cm³/mol. The van der Waals surface area contributed by atoms with Crippen LogP contribution in [0.15, 0.2) is 30.3 Å². The highest BCUT2D eigenvalue weighted by atomic mass is 79.9. The maximum atomic E-state index is 13.6. The number of halogens is 1. The average molecular weight is 524 g/mol. The molecule has 34 heavy (non-hydrogen) atoms. The molecule has 0 saturated carbocycles. The minimum absolute atomic E-state index is 0.0488. The molecule has 0 radical (unpaired) electrons. The highest BCUT2D eigenvalue weighted by molar-refractivity contribution is 9.09. The summed E-state index contributed by atoms with van der Waals surface area (Å²) in [5, 5.41) is 12.7. The number of nitrogens with zero attached hydrogens (tertiary/aromatic N) is 1. The quantitative estimate of drug-likeness (QED) is 0.202. The molecule has 8 nitrogen and oxygen atoms in total. The van der Waals surface area contributed by atoms with E-state index in [2.05, 4.69) is 25.9 Å². The van der Waals surface area contributed by atoms with Gasteiger partial charge in [-0.05, 0) is 43.7 Å². The zero-order valence-electron chi connectivity index (χ0n) is 18.8. The maximum Gasteiger partial charge on any atom is 0.340 e. The Morgan fingerprint density at radius 1 is 1.21 bits per heavy atom. The Morgan fingerprint density at radius 3 is 2.65 bits per heavy atom. The van der Waals surface area contributed by atoms with Crippen molar-refractivity contribution in [2.75, 3.05) is 23.9 Å². The van der Waals surface area contributed by atoms with E-state index in [1.54, 1.807) is 42.2 Å². The van der Waals surface area contributed by atoms with Gasteiger partial charge in [-0.2, -0.15) is 0 Å². The van der Waals surface area contributed by atoms with Crippen molar-refractivity contribution in [2.24, 2.45) is 0 Å². The normalized spacial score (nSPS) is 15.2. The molecular formula is C25H22BrN3O5. The number of esters is 1. The number of aryl methyl sites for hydroxylation is 1. The summed E-state index contributed by atoms with van der Waals surface area (Å²) in [5.41, 5.74) is 4.42. The van der Waals surface area contributed by atoms with E-state index in [4.69, 9.17) is 4.74 Å². The fourth-order valence-corrected chi connectivity index (χ4v) is 5.36. The summed E-state index contributed by atoms with van der Waals surface area (Å²) in [6, 6.07) is 8.54. The van der Waals surface area contributed by atoms with E-state index in [0.717, 1.165) is 16.5 Å². The largest absolute Gasteiger partial charge is 0.506 e. The summed E-state index contributed by atoms with van der Waals surface area (Å²) in [4.78, 5) is 45.8. The molecule has 0 bridgehead atoms. The number of aromatic nitrogens is 2. The smallest absolute Gasteiger partial charge is 0.340 e. The number of carbonyl (C=O) groups excluding carboxylic acids is 3. The van der Waals surface area contributed by atoms with Gasteiger partial charge in [-0.1, -0.05) is 15.9 Å². The lowest BCUT2D eigenvalue weighted by Crippen LogP contribution is -2.30. The van der Waals surface area contributed by atoms with Crippen LogP contribution in [-0.2, 0) is 4.74 Å². The Bertz CT molecular complexity index is 1520. The molecule has 2 aromatic carbocycles. The van der Waals surface area contributed by atoms with Gasteiger partial charge < -0.3 is 24.7 Å². The van der Waals surface area contributed by atoms with E-state index >= 15 is 0 Å². The number of phenolic OH excluding ortho intramolecular Hbond substituents is 1. The van der Waals surface area contributed by atoms with Crippen LogP contribution in [0.5, 0.6) is 5.75 Å². The third-order valence-electron chi connectivity index (χ3n) is 6.44. The van der Waals surface area contributed by atoms with Crippen LogP contribution in [0, 0.1) is 6.92 Å². The van der Waals surface area contributed by atoms with Crippen LogP contribution < -0.4 is 4.90 Å². The van der Waals surface area contributed by atoms with Crippen LogP contribution in [0.4, 0.5) is 5.69 Å². The molecule has 0 spiro atoms. The molecule has 174 valence electrons. The van der Waals surface area contributed by atoms with Crippen LogP contribution in [0.1, 0.15) is 55.3 Å². The lowest BCUT2D eigenvalue weighted by Gasteiger charge is -2.17. The lowest BCUT2D eigenvalue weighted by atomic mass is 9.96. The van der Waals surface area contributed by atoms with Gasteiger partial charge in [0.25, 0.3) is 5.91 Å². The molecule has 1 amide bonds. The van der Waals surface area contributed by atoms with Crippen molar-refractivity contribution in [3.05, 3.63) is 58.4 Å². The maximum absolute atomic E-state index is 13.6. The van der Waals surface area contributed by atoms with Crippen LogP contribution in [-0.4, -0.2) is 51.7 Å². The molecule has 9 heteroatoms. The number of amides is 1. The number of anilines is 1. The van der Waals surface area contributed by atoms with Crippen LogP contribution in [0.2, 0.25) is 0 Å². The van der Waals surface area contributed by atoms with E-state index in [9.17, 15) is 19.5 Å². The summed E-state index contributed by atoms with van der Waals surface area (Å²) in [6.07, 6.45) is 0. The number of nitrogens with one attached hydrogen (secondary N) is 2. The summed E-state index contributed by atoms with van der Waals surface area (Å²) >= 11 is 3.55. The van der Waals surface area contributed by atoms with Gasteiger partial charge in [-0.3, -0.25) is 9.59 Å². The molecular weight excluding hydrogens is 502 g/mol. The van der Waals surface area contributed by atoms with Gasteiger partial charge in [0.1, 0.15) is 11.4 Å². The number of ether oxygens (including phenoxy) is 1. The topological polar surface area (TPSA) is 115 Å². The minimum Gasteiger partial charge on any atom is -0.506 e. The first-order valence-corrected chi connectivity index (χ1v) is 11.8. The monoisotopic (exact) mass is 523 g/mol. The third-order valence-corrected chi connectivity index (χ3v) is 7.22. The van der Waals surface area contributed by atoms with Crippen molar-refractivity contribution in [1.29, 1.82) is 0 Å². The number of ketones is 1. The van der Waals surface area contributed by atoms with E-state index in [1.807, 2.05) is 0 Å². The fourth-order valence-electron chi connectivity index (χ4n) is 4.83. The second kappa shape index (κ2) is 8.02. The van der Waals surface area contributed by atoms with Crippen molar-refractivity contribution in [3.8, 4) is 5.75 Å². The van der Waals surface area contributed by atoms with Crippen molar-refractivity contribution in [1.82, 2.24) is 9.97 Å². The van der Waals surface area contributed by atoms with Gasteiger partial charge >= 0.3 is 5.97 Å². The number of alkyl halides is 1. The van der Waals surface area contributed by atoms with Gasteiger partial charge in [0.05, 0.1) is 23.9 Å². The summed E-state index contributed by atoms with van der Waals surface area (Å²) in [5.74, 6) is -0.980. The zero-order valence-corrected chi connectivity index (χ0v) is 20.4. The molecule has 0 saturated heterocycles. The summed E-state index contributed by atoms with van der Waals surface area (Å²) < 4.78 is 4.99. The molecule has 2 aromatic heterocycles. The number of carbonyl (C=O) groups is 3. The Hall–Kier alpha value is -3.59. The summed E-state index contributed by atoms with van der Waals surface area (Å²) in [6.45, 7) is 3.62. The molecule has 3 heterocycles. The standard InChI is InChI=1S/C25H22BrN3O5/c1-11-20(25(33)34-3)22-21-15(9-26)10-29(18(21)8-19(31)23(22)27-11)24(32)17-7-14-6-13(12(2)30)4-5-16(14)28-17/h4-8,15,27-28,31H,9-10H2,1-3H3/t15-/m1/s1. The van der Waals surface area contributed by atoms with Crippen molar-refractivity contribution in [3.63, 3.8) is 0 Å². The number of phenols is 1. The molecule has 3 N–H and O–H groups in total. The number of Topliss-reactive ketones (excluding diaryl/α,β-unsaturated/α-hetero) is 1. The van der Waals surface area contributed by atoms with Gasteiger partial charge in [0.15, 0.2) is 5.78 Å². The molecule has 0 aliphatic carbocycles. The fraction of sp³-hybridized carbons (Fsp3) is 0.240. The first-order valence-electron chi connectivity index (χ1n) is 10.7. The van der Waals surface area contributed by atoms with E-state index in [1.165, 1.54) is 14.0 Å². The second-order valence-corrected chi connectivity index (χ2v) is 9.15. The highest BCUT2D eigenvalue weighted by Gasteiger charge is 2.37. The molecule has 0 unspecified atom stereocenters. The van der Waals surface area contributed by atoms with Gasteiger partial charge in [0, 0.05) is 51.4 Å². The zero-order chi connectivity index (χ0) is 24.3. The van der Waals surface area contributed by atoms with E-state index in [-0.39, 0.29) is 23.4 Å². The number of aromatic hydroxyl groups is 1. The first-order chi connectivity index (χ1) is 16.2. The Labute approximate surface area is 203 Å². The highest BCUT2D eigenvalue weighted by Crippen LogP contribution is 2.47. The SMILES string of the molecule is COC(=O)c1c(C)[nH]c2c(O)cc3c(c12)[C@H](CBr)CN3C(=O)c1cc2cc(C(C)=O)ccc2[nH]1. The third kappa shape index (κ3) is 3.22. The number of hydrogen-bond donors (Lipinski definition) is 3. The van der Waals surface area contributed by atoms with Crippen molar-refractivity contribution in [2.45, 2.75) is 19.8 Å². The van der Waals surface area contributed by atoms with E-state index < -0.39 is 5.97 Å². The van der Waals surface area contributed by atoms with E-state index in [0.29, 0.717) is 51.0 Å². The minimum atomic E-state index is -0.508. The number of H-pyrrole nitrogens is 2. The number of aromatic amines is 2.